The maximum Gasteiger partial charge on any atom is -0.00133 e. The van der Waals surface area contributed by atoms with Crippen molar-refractivity contribution in [3.8, 4) is 0 Å². The largest absolute Gasteiger partial charge is 0.306 e. The van der Waals surface area contributed by atoms with Gasteiger partial charge in [-0.05, 0) is 70.5 Å². The minimum Gasteiger partial charge on any atom is -0.306 e. The highest BCUT2D eigenvalue weighted by molar-refractivity contribution is 5.37. The zero-order valence-electron chi connectivity index (χ0n) is 9.64. The molecule has 0 aromatic rings. The Hall–Kier alpha value is -0.300. The third kappa shape index (κ3) is 0.942. The van der Waals surface area contributed by atoms with E-state index in [4.69, 9.17) is 0 Å². The fraction of sp³-hybridized carbons (Fsp3) is 0.846. The number of piperidine rings is 1. The lowest BCUT2D eigenvalue weighted by Crippen LogP contribution is -2.39. The summed E-state index contributed by atoms with van der Waals surface area (Å²) in [5.74, 6) is 2.05. The van der Waals surface area contributed by atoms with Gasteiger partial charge in [0.15, 0.2) is 0 Å². The summed E-state index contributed by atoms with van der Waals surface area (Å²) in [6.45, 7) is 7.42. The lowest BCUT2D eigenvalue weighted by Gasteiger charge is -2.41. The Balaban J connectivity index is 1.91. The highest BCUT2D eigenvalue weighted by atomic mass is 15.1. The molecule has 1 spiro atoms. The van der Waals surface area contributed by atoms with E-state index in [1.54, 1.807) is 11.1 Å². The molecule has 0 N–H and O–H groups in total. The fourth-order valence-electron chi connectivity index (χ4n) is 4.00. The monoisotopic (exact) mass is 191 g/mol. The molecule has 1 aliphatic heterocycles. The molecule has 1 saturated heterocycles. The van der Waals surface area contributed by atoms with Gasteiger partial charge in [0.05, 0.1) is 0 Å². The van der Waals surface area contributed by atoms with Gasteiger partial charge < -0.3 is 4.90 Å². The molecule has 14 heavy (non-hydrogen) atoms. The first-order chi connectivity index (χ1) is 6.65. The van der Waals surface area contributed by atoms with Crippen LogP contribution in [0.2, 0.25) is 0 Å². The van der Waals surface area contributed by atoms with Crippen molar-refractivity contribution in [2.24, 2.45) is 17.3 Å². The van der Waals surface area contributed by atoms with E-state index < -0.39 is 0 Å². The molecule has 3 rings (SSSR count). The second kappa shape index (κ2) is 2.63. The molecule has 78 valence electrons. The Labute approximate surface area is 87.2 Å². The fourth-order valence-corrected chi connectivity index (χ4v) is 4.00. The lowest BCUT2D eigenvalue weighted by molar-refractivity contribution is 0.137. The molecule has 2 fully saturated rings. The van der Waals surface area contributed by atoms with Crippen molar-refractivity contribution in [1.29, 1.82) is 0 Å². The second-order valence-electron chi connectivity index (χ2n) is 5.72. The molecule has 1 heteroatoms. The molecule has 0 radical (unpaired) electrons. The predicted octanol–water partition coefficient (Wildman–Crippen LogP) is 2.68. The zero-order chi connectivity index (χ0) is 9.92. The van der Waals surface area contributed by atoms with Gasteiger partial charge in [-0.1, -0.05) is 11.1 Å². The number of nitrogens with zero attached hydrogens (tertiary/aromatic N) is 1. The minimum absolute atomic E-state index is 0.654. The van der Waals surface area contributed by atoms with Gasteiger partial charge >= 0.3 is 0 Å². The Kier molecular flexibility index (Phi) is 1.69. The number of hydrogen-bond acceptors (Lipinski definition) is 1. The van der Waals surface area contributed by atoms with Crippen LogP contribution in [-0.4, -0.2) is 25.0 Å². The SMILES string of the molecule is CC1=C(C)C2(CCN(C)CC2)[C@H]2C[C@@H]12. The molecule has 1 nitrogen and oxygen atoms in total. The first-order valence-electron chi connectivity index (χ1n) is 6.01. The summed E-state index contributed by atoms with van der Waals surface area (Å²) >= 11 is 0. The van der Waals surface area contributed by atoms with E-state index in [1.807, 2.05) is 0 Å². The molecular formula is C13H21N. The number of fused-ring (bicyclic) bond motifs is 2. The van der Waals surface area contributed by atoms with E-state index in [2.05, 4.69) is 25.8 Å². The summed E-state index contributed by atoms with van der Waals surface area (Å²) in [6.07, 6.45) is 4.36. The zero-order valence-corrected chi connectivity index (χ0v) is 9.64. The smallest absolute Gasteiger partial charge is 0.00133 e. The lowest BCUT2D eigenvalue weighted by atomic mass is 9.71. The number of allylic oxidation sites excluding steroid dienone is 2. The minimum atomic E-state index is 0.654. The van der Waals surface area contributed by atoms with Gasteiger partial charge in [-0.2, -0.15) is 0 Å². The van der Waals surface area contributed by atoms with Gasteiger partial charge in [0.1, 0.15) is 0 Å². The Morgan fingerprint density at radius 1 is 1.21 bits per heavy atom. The summed E-state index contributed by atoms with van der Waals surface area (Å²) in [5, 5.41) is 0. The van der Waals surface area contributed by atoms with E-state index in [-0.39, 0.29) is 0 Å². The van der Waals surface area contributed by atoms with Gasteiger partial charge in [-0.15, -0.1) is 0 Å². The molecule has 0 unspecified atom stereocenters. The first-order valence-corrected chi connectivity index (χ1v) is 6.01. The molecule has 0 bridgehead atoms. The second-order valence-corrected chi connectivity index (χ2v) is 5.72. The molecular weight excluding hydrogens is 170 g/mol. The third-order valence-corrected chi connectivity index (χ3v) is 5.27. The van der Waals surface area contributed by atoms with Crippen LogP contribution < -0.4 is 0 Å². The summed E-state index contributed by atoms with van der Waals surface area (Å²) in [6, 6.07) is 0. The third-order valence-electron chi connectivity index (χ3n) is 5.27. The molecule has 1 saturated carbocycles. The van der Waals surface area contributed by atoms with Crippen LogP contribution in [0.5, 0.6) is 0 Å². The van der Waals surface area contributed by atoms with Gasteiger partial charge in [-0.3, -0.25) is 0 Å². The van der Waals surface area contributed by atoms with Crippen molar-refractivity contribution < 1.29 is 0 Å². The number of likely N-dealkylation sites (tertiary alicyclic amines) is 1. The first kappa shape index (κ1) is 8.96. The van der Waals surface area contributed by atoms with Crippen molar-refractivity contribution in [2.75, 3.05) is 20.1 Å². The number of hydrogen-bond donors (Lipinski definition) is 0. The number of rotatable bonds is 0. The highest BCUT2D eigenvalue weighted by Crippen LogP contribution is 2.67. The van der Waals surface area contributed by atoms with E-state index >= 15 is 0 Å². The topological polar surface area (TPSA) is 3.24 Å². The van der Waals surface area contributed by atoms with Gasteiger partial charge in [0, 0.05) is 0 Å². The molecule has 3 aliphatic rings. The van der Waals surface area contributed by atoms with Crippen LogP contribution in [0, 0.1) is 17.3 Å². The summed E-state index contributed by atoms with van der Waals surface area (Å²) in [7, 11) is 2.26. The van der Waals surface area contributed by atoms with Gasteiger partial charge in [0.2, 0.25) is 0 Å². The van der Waals surface area contributed by atoms with Crippen molar-refractivity contribution in [3.05, 3.63) is 11.1 Å². The molecule has 2 atom stereocenters. The predicted molar refractivity (Wildman–Crippen MR) is 59.1 cm³/mol. The molecule has 2 aliphatic carbocycles. The van der Waals surface area contributed by atoms with Crippen LogP contribution in [0.1, 0.15) is 33.1 Å². The van der Waals surface area contributed by atoms with Crippen LogP contribution in [-0.2, 0) is 0 Å². The quantitative estimate of drug-likeness (QED) is 0.532. The molecule has 0 amide bonds. The van der Waals surface area contributed by atoms with Crippen molar-refractivity contribution in [1.82, 2.24) is 4.90 Å². The molecule has 0 aromatic heterocycles. The molecule has 1 heterocycles. The van der Waals surface area contributed by atoms with E-state index in [9.17, 15) is 0 Å². The maximum atomic E-state index is 2.49. The maximum absolute atomic E-state index is 2.49. The summed E-state index contributed by atoms with van der Waals surface area (Å²) in [5.41, 5.74) is 4.17. The van der Waals surface area contributed by atoms with E-state index in [0.717, 1.165) is 11.8 Å². The van der Waals surface area contributed by atoms with Crippen LogP contribution in [0.4, 0.5) is 0 Å². The van der Waals surface area contributed by atoms with Crippen molar-refractivity contribution in [3.63, 3.8) is 0 Å². The van der Waals surface area contributed by atoms with Crippen LogP contribution in [0.15, 0.2) is 11.1 Å². The average Bonchev–Trinajstić information content (AvgIpc) is 2.94. The van der Waals surface area contributed by atoms with E-state index in [0.29, 0.717) is 5.41 Å². The Morgan fingerprint density at radius 3 is 2.36 bits per heavy atom. The van der Waals surface area contributed by atoms with Crippen molar-refractivity contribution in [2.45, 2.75) is 33.1 Å². The van der Waals surface area contributed by atoms with Gasteiger partial charge in [-0.25, -0.2) is 0 Å². The van der Waals surface area contributed by atoms with Crippen LogP contribution in [0.3, 0.4) is 0 Å². The molecule has 0 aromatic carbocycles. The van der Waals surface area contributed by atoms with Crippen LogP contribution >= 0.6 is 0 Å². The normalized spacial score (nSPS) is 40.5. The standard InChI is InChI=1S/C13H21N/c1-9-10(2)13(12-8-11(9)12)4-6-14(3)7-5-13/h11-12H,4-8H2,1-3H3/t11-,12-/m0/s1. The Bertz CT molecular complexity index is 294. The highest BCUT2D eigenvalue weighted by Gasteiger charge is 2.59. The van der Waals surface area contributed by atoms with Crippen LogP contribution in [0.25, 0.3) is 0 Å². The average molecular weight is 191 g/mol. The summed E-state index contributed by atoms with van der Waals surface area (Å²) < 4.78 is 0. The summed E-state index contributed by atoms with van der Waals surface area (Å²) in [4.78, 5) is 2.49. The van der Waals surface area contributed by atoms with E-state index in [1.165, 1.54) is 32.4 Å². The van der Waals surface area contributed by atoms with Crippen molar-refractivity contribution >= 4 is 0 Å². The van der Waals surface area contributed by atoms with Gasteiger partial charge in [0.25, 0.3) is 0 Å². The Morgan fingerprint density at radius 2 is 1.86 bits per heavy atom.